The maximum atomic E-state index is 9.89. The smallest absolute Gasteiger partial charge is 0.167 e. The van der Waals surface area contributed by atoms with Gasteiger partial charge in [0.05, 0.1) is 12.1 Å². The number of unbranched alkanes of at least 4 members (excludes halogenated alkanes) is 3. The molecule has 1 aliphatic heterocycles. The maximum absolute atomic E-state index is 9.89. The molecule has 4 aromatic heterocycles. The van der Waals surface area contributed by atoms with Gasteiger partial charge in [0.1, 0.15) is 35.2 Å². The summed E-state index contributed by atoms with van der Waals surface area (Å²) in [6.45, 7) is 7.37. The van der Waals surface area contributed by atoms with Gasteiger partial charge in [-0.1, -0.05) is 47.3 Å². The number of rotatable bonds is 16. The molecule has 1 unspecified atom stereocenters. The van der Waals surface area contributed by atoms with Crippen LogP contribution in [0.5, 0.6) is 0 Å². The molecule has 0 saturated carbocycles. The normalized spacial score (nSPS) is 14.8. The van der Waals surface area contributed by atoms with Crippen LogP contribution >= 0.6 is 0 Å². The zero-order valence-corrected chi connectivity index (χ0v) is 38.7. The number of hydrogen-bond acceptors (Lipinski definition) is 14. The van der Waals surface area contributed by atoms with E-state index in [0.29, 0.717) is 49.0 Å². The second kappa shape index (κ2) is 28.9. The van der Waals surface area contributed by atoms with E-state index in [1.807, 2.05) is 82.9 Å². The molecule has 1 aliphatic rings. The number of hydrogen-bond donors (Lipinski definition) is 6. The summed E-state index contributed by atoms with van der Waals surface area (Å²) in [5.41, 5.74) is 17.3. The first-order valence-corrected chi connectivity index (χ1v) is 22.4. The van der Waals surface area contributed by atoms with Crippen molar-refractivity contribution in [2.24, 2.45) is 11.5 Å². The molecule has 8 N–H and O–H groups in total. The minimum atomic E-state index is -0.707. The molecule has 16 nitrogen and oxygen atoms in total. The minimum absolute atomic E-state index is 0.156. The number of aromatic nitrogens is 6. The van der Waals surface area contributed by atoms with Gasteiger partial charge in [0.15, 0.2) is 17.8 Å². The summed E-state index contributed by atoms with van der Waals surface area (Å²) in [5.74, 6) is 15.2. The van der Waals surface area contributed by atoms with Crippen LogP contribution in [0.1, 0.15) is 131 Å². The number of benzene rings is 2. The van der Waals surface area contributed by atoms with Gasteiger partial charge in [0, 0.05) is 113 Å². The average Bonchev–Trinajstić information content (AvgIpc) is 4.22. The van der Waals surface area contributed by atoms with E-state index in [0.717, 1.165) is 93.1 Å². The second-order valence-electron chi connectivity index (χ2n) is 15.1. The lowest BCUT2D eigenvalue weighted by molar-refractivity contribution is -0.188. The van der Waals surface area contributed by atoms with Crippen molar-refractivity contribution in [3.05, 3.63) is 120 Å². The minimum Gasteiger partial charge on any atom is -0.400 e. The van der Waals surface area contributed by atoms with Crippen molar-refractivity contribution >= 4 is 0 Å². The molecule has 1 fully saturated rings. The van der Waals surface area contributed by atoms with E-state index in [4.69, 9.17) is 45.3 Å². The van der Waals surface area contributed by atoms with Crippen molar-refractivity contribution < 1.29 is 38.9 Å². The Morgan fingerprint density at radius 1 is 0.742 bits per heavy atom. The summed E-state index contributed by atoms with van der Waals surface area (Å²) in [7, 11) is 2.00. The van der Waals surface area contributed by atoms with Crippen LogP contribution in [-0.2, 0) is 9.47 Å². The van der Waals surface area contributed by atoms with Crippen LogP contribution in [0.3, 0.4) is 0 Å². The molecule has 0 amide bonds. The van der Waals surface area contributed by atoms with Gasteiger partial charge < -0.3 is 59.5 Å². The second-order valence-corrected chi connectivity index (χ2v) is 15.1. The van der Waals surface area contributed by atoms with Crippen LogP contribution in [-0.4, -0.2) is 96.7 Å². The van der Waals surface area contributed by atoms with Crippen molar-refractivity contribution in [2.75, 3.05) is 40.5 Å². The van der Waals surface area contributed by atoms with Crippen molar-refractivity contribution in [3.8, 4) is 46.3 Å². The molecule has 6 aromatic rings. The van der Waals surface area contributed by atoms with Crippen LogP contribution in [0.25, 0.3) is 22.6 Å². The first-order chi connectivity index (χ1) is 32.3. The highest BCUT2D eigenvalue weighted by molar-refractivity contribution is 5.60. The fourth-order valence-electron chi connectivity index (χ4n) is 7.04. The van der Waals surface area contributed by atoms with Crippen molar-refractivity contribution in [1.82, 2.24) is 29.4 Å². The monoisotopic (exact) mass is 907 g/mol. The molecule has 0 bridgehead atoms. The third kappa shape index (κ3) is 15.1. The van der Waals surface area contributed by atoms with Crippen LogP contribution in [0.15, 0.2) is 94.5 Å². The lowest BCUT2D eigenvalue weighted by Crippen LogP contribution is -2.27. The number of aliphatic hydroxyl groups excluding tert-OH is 4. The lowest BCUT2D eigenvalue weighted by Gasteiger charge is -2.27. The van der Waals surface area contributed by atoms with Crippen molar-refractivity contribution in [3.63, 3.8) is 0 Å². The van der Waals surface area contributed by atoms with Crippen molar-refractivity contribution in [1.29, 1.82) is 0 Å². The Kier molecular flexibility index (Phi) is 23.1. The van der Waals surface area contributed by atoms with E-state index >= 15 is 0 Å². The number of ether oxygens (including phenoxy) is 2. The van der Waals surface area contributed by atoms with Crippen molar-refractivity contribution in [2.45, 2.75) is 103 Å². The lowest BCUT2D eigenvalue weighted by atomic mass is 10.1. The molecule has 7 rings (SSSR count). The summed E-state index contributed by atoms with van der Waals surface area (Å²) in [5, 5.41) is 41.2. The highest BCUT2D eigenvalue weighted by Gasteiger charge is 2.26. The number of imidazole rings is 2. The summed E-state index contributed by atoms with van der Waals surface area (Å²) in [6, 6.07) is 19.0. The van der Waals surface area contributed by atoms with E-state index < -0.39 is 6.10 Å². The molecule has 0 aliphatic carbocycles. The fourth-order valence-corrected chi connectivity index (χ4v) is 7.04. The molecule has 0 spiro atoms. The molecule has 354 valence electrons. The Bertz CT molecular complexity index is 2380. The van der Waals surface area contributed by atoms with Gasteiger partial charge in [0.2, 0.25) is 0 Å². The molecule has 16 heteroatoms. The van der Waals surface area contributed by atoms with Gasteiger partial charge in [-0.05, 0) is 94.5 Å². The standard InChI is InChI=1S/C27H34N4O3.C21H24N4O3.2CH4O/c1-3-4-5-6-9-21-11-13-22(14-12-21)25-18-23(30-34-25)24(19-28)31-16-15-29-27(31)20(2)33-26-10-7-8-17-32-26;1-15(27)21-23-10-11-25(21)19(14-22)18-13-20(28-24-18)17-8-6-16(7-9-17)5-3-2-4-12-26;2*1-2/h11-16,18,20,24,26H,3-5,7-8,10,17,19,28H2,1-2H3;6-11,13,15,19,26-27H,2,4,12,14,22H2,1H3;2*2H,1H3/t20-,24+,26?;15-,19+;;/m00../s1. The largest absolute Gasteiger partial charge is 0.400 e. The zero-order chi connectivity index (χ0) is 47.7. The SMILES string of the molecule is CCCCC#Cc1ccc(-c2cc([C@@H](CN)n3ccnc3[C@H](C)OC3CCCCO3)no2)cc1.CO.CO.C[C@H](O)c1nccn1[C@H](CN)c1cc(-c2ccc(C#CCCCO)cc2)on1. The van der Waals surface area contributed by atoms with Crippen LogP contribution in [0.2, 0.25) is 0 Å². The Morgan fingerprint density at radius 2 is 1.24 bits per heavy atom. The molecule has 5 heterocycles. The fraction of sp³-hybridized carbons (Fsp3) is 0.440. The van der Waals surface area contributed by atoms with Gasteiger partial charge in [-0.3, -0.25) is 0 Å². The van der Waals surface area contributed by atoms with Gasteiger partial charge >= 0.3 is 0 Å². The molecule has 0 radical (unpaired) electrons. The third-order valence-corrected chi connectivity index (χ3v) is 10.4. The van der Waals surface area contributed by atoms with Gasteiger partial charge in [-0.15, -0.1) is 0 Å². The number of nitrogens with two attached hydrogens (primary N) is 2. The first kappa shape index (κ1) is 52.7. The Hall–Kier alpha value is -5.92. The van der Waals surface area contributed by atoms with E-state index in [-0.39, 0.29) is 31.1 Å². The maximum Gasteiger partial charge on any atom is 0.167 e. The van der Waals surface area contributed by atoms with E-state index in [1.54, 1.807) is 25.5 Å². The quantitative estimate of drug-likeness (QED) is 0.0437. The van der Waals surface area contributed by atoms with E-state index in [2.05, 4.69) is 50.9 Å². The number of aliphatic hydroxyl groups is 4. The summed E-state index contributed by atoms with van der Waals surface area (Å²) in [6.07, 6.45) is 13.6. The predicted molar refractivity (Wildman–Crippen MR) is 252 cm³/mol. The Balaban J connectivity index is 0.000000273. The highest BCUT2D eigenvalue weighted by atomic mass is 16.7. The highest BCUT2D eigenvalue weighted by Crippen LogP contribution is 2.30. The Morgan fingerprint density at radius 3 is 1.70 bits per heavy atom. The van der Waals surface area contributed by atoms with Crippen LogP contribution in [0.4, 0.5) is 0 Å². The van der Waals surface area contributed by atoms with Gasteiger partial charge in [-0.2, -0.15) is 0 Å². The molecule has 2 aromatic carbocycles. The average molecular weight is 907 g/mol. The number of nitrogens with zero attached hydrogens (tertiary/aromatic N) is 6. The van der Waals surface area contributed by atoms with Crippen LogP contribution < -0.4 is 11.5 Å². The summed E-state index contributed by atoms with van der Waals surface area (Å²) in [4.78, 5) is 8.74. The summed E-state index contributed by atoms with van der Waals surface area (Å²) >= 11 is 0. The van der Waals surface area contributed by atoms with Crippen LogP contribution in [0, 0.1) is 23.7 Å². The van der Waals surface area contributed by atoms with E-state index in [1.165, 1.54) is 0 Å². The predicted octanol–water partition coefficient (Wildman–Crippen LogP) is 6.71. The molecule has 5 atom stereocenters. The molecule has 1 saturated heterocycles. The van der Waals surface area contributed by atoms with Gasteiger partial charge in [-0.25, -0.2) is 9.97 Å². The molecule has 66 heavy (non-hydrogen) atoms. The van der Waals surface area contributed by atoms with E-state index in [9.17, 15) is 5.11 Å². The summed E-state index contributed by atoms with van der Waals surface area (Å²) < 4.78 is 26.9. The first-order valence-electron chi connectivity index (χ1n) is 22.4. The Labute approximate surface area is 388 Å². The molecular formula is C50H66N8O8. The topological polar surface area (TPSA) is 239 Å². The van der Waals surface area contributed by atoms with Gasteiger partial charge in [0.25, 0.3) is 0 Å². The molecular weight excluding hydrogens is 841 g/mol. The zero-order valence-electron chi connectivity index (χ0n) is 38.7. The third-order valence-electron chi connectivity index (χ3n) is 10.4.